The summed E-state index contributed by atoms with van der Waals surface area (Å²) in [7, 11) is 1.56. The lowest BCUT2D eigenvalue weighted by molar-refractivity contribution is 0.259. The van der Waals surface area contributed by atoms with Crippen molar-refractivity contribution in [3.63, 3.8) is 0 Å². The molecule has 0 amide bonds. The van der Waals surface area contributed by atoms with Gasteiger partial charge in [0.2, 0.25) is 0 Å². The molecule has 1 unspecified atom stereocenters. The zero-order valence-corrected chi connectivity index (χ0v) is 10.3. The average molecular weight is 237 g/mol. The van der Waals surface area contributed by atoms with Gasteiger partial charge in [-0.3, -0.25) is 0 Å². The molecule has 0 aliphatic heterocycles. The van der Waals surface area contributed by atoms with E-state index in [0.717, 1.165) is 5.75 Å². The molecule has 1 aromatic rings. The van der Waals surface area contributed by atoms with Gasteiger partial charge < -0.3 is 9.47 Å². The van der Waals surface area contributed by atoms with Crippen LogP contribution < -0.4 is 9.47 Å². The van der Waals surface area contributed by atoms with E-state index in [2.05, 4.69) is 25.6 Å². The van der Waals surface area contributed by atoms with Gasteiger partial charge in [-0.05, 0) is 23.8 Å². The highest BCUT2D eigenvalue weighted by atomic mass is 32.1. The first kappa shape index (κ1) is 12.7. The second kappa shape index (κ2) is 6.29. The number of nitrogens with zero attached hydrogens (tertiary/aromatic N) is 1. The van der Waals surface area contributed by atoms with Crippen LogP contribution in [0.2, 0.25) is 0 Å². The Balaban J connectivity index is 2.76. The topological polar surface area (TPSA) is 42.2 Å². The highest BCUT2D eigenvalue weighted by Crippen LogP contribution is 2.28. The Morgan fingerprint density at radius 2 is 2.19 bits per heavy atom. The molecule has 0 aliphatic rings. The normalized spacial score (nSPS) is 11.6. The summed E-state index contributed by atoms with van der Waals surface area (Å²) in [6.45, 7) is 2.65. The molecule has 0 heterocycles. The Hall–Kier alpha value is -1.34. The molecule has 0 radical (unpaired) electrons. The summed E-state index contributed by atoms with van der Waals surface area (Å²) < 4.78 is 10.8. The summed E-state index contributed by atoms with van der Waals surface area (Å²) in [5, 5.41) is 8.75. The van der Waals surface area contributed by atoms with E-state index in [1.165, 1.54) is 0 Å². The minimum absolute atomic E-state index is 0.378. The number of benzene rings is 1. The molecule has 1 aromatic carbocycles. The maximum absolute atomic E-state index is 8.75. The molecule has 16 heavy (non-hydrogen) atoms. The lowest BCUT2D eigenvalue weighted by atomic mass is 10.2. The average Bonchev–Trinajstić information content (AvgIpc) is 2.35. The molecule has 3 nitrogen and oxygen atoms in total. The molecule has 4 heteroatoms. The van der Waals surface area contributed by atoms with Crippen LogP contribution in [0.3, 0.4) is 0 Å². The fourth-order valence-corrected chi connectivity index (χ4v) is 1.25. The fourth-order valence-electron chi connectivity index (χ4n) is 1.14. The van der Waals surface area contributed by atoms with Crippen molar-refractivity contribution in [3.05, 3.63) is 23.8 Å². The maximum Gasteiger partial charge on any atom is 0.162 e. The molecule has 0 bridgehead atoms. The van der Waals surface area contributed by atoms with Crippen molar-refractivity contribution < 1.29 is 9.47 Å². The van der Waals surface area contributed by atoms with Crippen LogP contribution in [0.15, 0.2) is 18.2 Å². The molecule has 0 saturated carbocycles. The van der Waals surface area contributed by atoms with Gasteiger partial charge in [0.1, 0.15) is 0 Å². The minimum atomic E-state index is 0.378. The summed E-state index contributed by atoms with van der Waals surface area (Å²) in [4.78, 5) is 0. The van der Waals surface area contributed by atoms with Crippen LogP contribution in [-0.2, 0) is 0 Å². The van der Waals surface area contributed by atoms with Crippen molar-refractivity contribution in [2.45, 2.75) is 6.92 Å². The van der Waals surface area contributed by atoms with Crippen LogP contribution in [0.1, 0.15) is 12.5 Å². The lowest BCUT2D eigenvalue weighted by Crippen LogP contribution is -2.10. The Morgan fingerprint density at radius 3 is 2.75 bits per heavy atom. The number of ether oxygens (including phenoxy) is 2. The Morgan fingerprint density at radius 1 is 1.44 bits per heavy atom. The summed E-state index contributed by atoms with van der Waals surface area (Å²) in [5.41, 5.74) is 0.562. The van der Waals surface area contributed by atoms with Crippen LogP contribution in [0.5, 0.6) is 11.5 Å². The third kappa shape index (κ3) is 3.35. The van der Waals surface area contributed by atoms with Gasteiger partial charge in [0.05, 0.1) is 25.3 Å². The second-order valence-electron chi connectivity index (χ2n) is 3.58. The van der Waals surface area contributed by atoms with Crippen LogP contribution in [0.25, 0.3) is 0 Å². The molecule has 0 spiro atoms. The van der Waals surface area contributed by atoms with Gasteiger partial charge in [-0.15, -0.1) is 0 Å². The van der Waals surface area contributed by atoms with E-state index in [0.29, 0.717) is 29.6 Å². The monoisotopic (exact) mass is 237 g/mol. The molecule has 0 N–H and O–H groups in total. The summed E-state index contributed by atoms with van der Waals surface area (Å²) in [5.74, 6) is 2.41. The first-order chi connectivity index (χ1) is 7.71. The van der Waals surface area contributed by atoms with Crippen LogP contribution in [0.4, 0.5) is 0 Å². The highest BCUT2D eigenvalue weighted by Gasteiger charge is 2.07. The minimum Gasteiger partial charge on any atom is -0.493 e. The molecular formula is C12H15NO2S. The third-order valence-electron chi connectivity index (χ3n) is 2.13. The molecule has 0 saturated heterocycles. The van der Waals surface area contributed by atoms with Crippen molar-refractivity contribution in [2.75, 3.05) is 19.5 Å². The van der Waals surface area contributed by atoms with E-state index >= 15 is 0 Å². The quantitative estimate of drug-likeness (QED) is 0.800. The standard InChI is InChI=1S/C12H15NO2S/c1-9(8-16)7-15-11-4-3-10(6-13)5-12(11)14-2/h3-5,9,16H,7-8H2,1-2H3. The van der Waals surface area contributed by atoms with Gasteiger partial charge in [-0.1, -0.05) is 6.92 Å². The zero-order chi connectivity index (χ0) is 12.0. The Bertz CT molecular complexity index is 387. The van der Waals surface area contributed by atoms with Gasteiger partial charge in [0.15, 0.2) is 11.5 Å². The smallest absolute Gasteiger partial charge is 0.162 e. The molecule has 1 atom stereocenters. The van der Waals surface area contributed by atoms with Gasteiger partial charge >= 0.3 is 0 Å². The van der Waals surface area contributed by atoms with E-state index in [1.807, 2.05) is 0 Å². The third-order valence-corrected chi connectivity index (χ3v) is 2.75. The van der Waals surface area contributed by atoms with E-state index in [4.69, 9.17) is 14.7 Å². The number of hydrogen-bond acceptors (Lipinski definition) is 4. The number of methoxy groups -OCH3 is 1. The highest BCUT2D eigenvalue weighted by molar-refractivity contribution is 7.80. The fraction of sp³-hybridized carbons (Fsp3) is 0.417. The summed E-state index contributed by atoms with van der Waals surface area (Å²) >= 11 is 4.19. The Labute approximate surface area is 101 Å². The van der Waals surface area contributed by atoms with Gasteiger partial charge in [-0.2, -0.15) is 17.9 Å². The molecule has 0 aliphatic carbocycles. The van der Waals surface area contributed by atoms with E-state index < -0.39 is 0 Å². The molecule has 86 valence electrons. The van der Waals surface area contributed by atoms with Crippen molar-refractivity contribution in [1.29, 1.82) is 5.26 Å². The molecular weight excluding hydrogens is 222 g/mol. The van der Waals surface area contributed by atoms with Gasteiger partial charge in [0, 0.05) is 6.07 Å². The van der Waals surface area contributed by atoms with Gasteiger partial charge in [-0.25, -0.2) is 0 Å². The number of thiol groups is 1. The van der Waals surface area contributed by atoms with Gasteiger partial charge in [0.25, 0.3) is 0 Å². The van der Waals surface area contributed by atoms with Crippen molar-refractivity contribution >= 4 is 12.6 Å². The first-order valence-corrected chi connectivity index (χ1v) is 5.66. The van der Waals surface area contributed by atoms with E-state index in [1.54, 1.807) is 25.3 Å². The molecule has 0 fully saturated rings. The lowest BCUT2D eigenvalue weighted by Gasteiger charge is -2.13. The predicted molar refractivity (Wildman–Crippen MR) is 66.2 cm³/mol. The summed E-state index contributed by atoms with van der Waals surface area (Å²) in [6, 6.07) is 7.19. The molecule has 1 rings (SSSR count). The SMILES string of the molecule is COc1cc(C#N)ccc1OCC(C)CS. The number of hydrogen-bond donors (Lipinski definition) is 1. The van der Waals surface area contributed by atoms with E-state index in [-0.39, 0.29) is 0 Å². The molecule has 0 aromatic heterocycles. The number of rotatable bonds is 5. The zero-order valence-electron chi connectivity index (χ0n) is 9.43. The van der Waals surface area contributed by atoms with Crippen molar-refractivity contribution in [3.8, 4) is 17.6 Å². The van der Waals surface area contributed by atoms with Crippen LogP contribution >= 0.6 is 12.6 Å². The van der Waals surface area contributed by atoms with Crippen molar-refractivity contribution in [2.24, 2.45) is 5.92 Å². The summed E-state index contributed by atoms with van der Waals surface area (Å²) in [6.07, 6.45) is 0. The van der Waals surface area contributed by atoms with E-state index in [9.17, 15) is 0 Å². The number of nitriles is 1. The van der Waals surface area contributed by atoms with Crippen LogP contribution in [0, 0.1) is 17.2 Å². The second-order valence-corrected chi connectivity index (χ2v) is 3.94. The maximum atomic E-state index is 8.75. The largest absolute Gasteiger partial charge is 0.493 e. The first-order valence-electron chi connectivity index (χ1n) is 5.03. The van der Waals surface area contributed by atoms with Crippen molar-refractivity contribution in [1.82, 2.24) is 0 Å². The van der Waals surface area contributed by atoms with Crippen LogP contribution in [-0.4, -0.2) is 19.5 Å². The predicted octanol–water partition coefficient (Wildman–Crippen LogP) is 2.51. The Kier molecular flexibility index (Phi) is 5.00.